The first-order chi connectivity index (χ1) is 15.8. The Morgan fingerprint density at radius 2 is 1.82 bits per heavy atom. The molecule has 0 aliphatic carbocycles. The lowest BCUT2D eigenvalue weighted by Gasteiger charge is -2.27. The zero-order chi connectivity index (χ0) is 23.5. The minimum absolute atomic E-state index is 0.0273. The van der Waals surface area contributed by atoms with Crippen molar-refractivity contribution in [2.75, 3.05) is 19.8 Å². The van der Waals surface area contributed by atoms with Crippen molar-refractivity contribution in [1.82, 2.24) is 4.90 Å². The lowest BCUT2D eigenvalue weighted by molar-refractivity contribution is -0.140. The van der Waals surface area contributed by atoms with Crippen molar-refractivity contribution in [3.63, 3.8) is 0 Å². The number of ether oxygens (including phenoxy) is 2. The van der Waals surface area contributed by atoms with Crippen LogP contribution in [0.4, 0.5) is 0 Å². The fourth-order valence-corrected chi connectivity index (χ4v) is 4.21. The van der Waals surface area contributed by atoms with E-state index in [0.29, 0.717) is 36.0 Å². The van der Waals surface area contributed by atoms with Gasteiger partial charge in [0.15, 0.2) is 0 Å². The zero-order valence-corrected chi connectivity index (χ0v) is 18.9. The number of nitrogens with zero attached hydrogens (tertiary/aromatic N) is 1. The number of aromatic hydroxyl groups is 1. The topological polar surface area (TPSA) is 96.3 Å². The largest absolute Gasteiger partial charge is 0.508 e. The maximum atomic E-state index is 13.1. The Morgan fingerprint density at radius 3 is 2.42 bits per heavy atom. The number of rotatable bonds is 7. The summed E-state index contributed by atoms with van der Waals surface area (Å²) >= 11 is 0. The highest BCUT2D eigenvalue weighted by Gasteiger charge is 2.47. The van der Waals surface area contributed by atoms with Crippen molar-refractivity contribution in [2.24, 2.45) is 5.92 Å². The van der Waals surface area contributed by atoms with Crippen molar-refractivity contribution < 1.29 is 29.3 Å². The van der Waals surface area contributed by atoms with E-state index in [9.17, 15) is 19.8 Å². The van der Waals surface area contributed by atoms with Gasteiger partial charge in [-0.1, -0.05) is 26.0 Å². The predicted octanol–water partition coefficient (Wildman–Crippen LogP) is 4.03. The first-order valence-corrected chi connectivity index (χ1v) is 11.3. The van der Waals surface area contributed by atoms with Gasteiger partial charge in [0.05, 0.1) is 24.3 Å². The molecule has 7 heteroatoms. The Bertz CT molecular complexity index is 1040. The van der Waals surface area contributed by atoms with Gasteiger partial charge < -0.3 is 24.6 Å². The Balaban J connectivity index is 1.71. The second-order valence-corrected chi connectivity index (χ2v) is 8.91. The zero-order valence-electron chi connectivity index (χ0n) is 18.9. The molecule has 1 amide bonds. The number of aliphatic hydroxyl groups excluding tert-OH is 1. The van der Waals surface area contributed by atoms with Crippen molar-refractivity contribution in [3.8, 4) is 11.5 Å². The van der Waals surface area contributed by atoms with E-state index in [0.717, 1.165) is 12.8 Å². The van der Waals surface area contributed by atoms with Gasteiger partial charge in [0.2, 0.25) is 0 Å². The molecule has 2 atom stereocenters. The summed E-state index contributed by atoms with van der Waals surface area (Å²) in [5.41, 5.74) is 1.08. The first kappa shape index (κ1) is 22.9. The van der Waals surface area contributed by atoms with E-state index in [4.69, 9.17) is 9.47 Å². The maximum absolute atomic E-state index is 13.1. The van der Waals surface area contributed by atoms with Gasteiger partial charge in [-0.2, -0.15) is 0 Å². The second-order valence-electron chi connectivity index (χ2n) is 8.91. The quantitative estimate of drug-likeness (QED) is 0.375. The van der Waals surface area contributed by atoms with Crippen molar-refractivity contribution in [1.29, 1.82) is 0 Å². The SMILES string of the molecule is CC(C)COc1ccc(/C(O)=C2/C(=O)C(=O)N(CC3CCCO3)C2c2ccc(O)cc2)cc1. The molecular formula is C26H29NO6. The lowest BCUT2D eigenvalue weighted by Crippen LogP contribution is -2.36. The van der Waals surface area contributed by atoms with Gasteiger partial charge in [0.1, 0.15) is 17.3 Å². The van der Waals surface area contributed by atoms with Crippen LogP contribution in [0, 0.1) is 5.92 Å². The number of phenolic OH excluding ortho intramolecular Hbond substituents is 1. The monoisotopic (exact) mass is 451 g/mol. The van der Waals surface area contributed by atoms with Crippen LogP contribution in [0.2, 0.25) is 0 Å². The predicted molar refractivity (Wildman–Crippen MR) is 123 cm³/mol. The molecule has 2 unspecified atom stereocenters. The number of carbonyl (C=O) groups is 2. The van der Waals surface area contributed by atoms with Crippen LogP contribution in [0.5, 0.6) is 11.5 Å². The number of ketones is 1. The molecule has 7 nitrogen and oxygen atoms in total. The number of hydrogen-bond acceptors (Lipinski definition) is 6. The van der Waals surface area contributed by atoms with E-state index in [1.54, 1.807) is 36.4 Å². The highest BCUT2D eigenvalue weighted by atomic mass is 16.5. The molecule has 0 bridgehead atoms. The van der Waals surface area contributed by atoms with Crippen LogP contribution in [0.15, 0.2) is 54.1 Å². The van der Waals surface area contributed by atoms with Crippen LogP contribution in [0.1, 0.15) is 43.9 Å². The molecule has 2 aliphatic heterocycles. The van der Waals surface area contributed by atoms with Crippen LogP contribution in [0.25, 0.3) is 5.76 Å². The molecule has 33 heavy (non-hydrogen) atoms. The van der Waals surface area contributed by atoms with Crippen LogP contribution in [0.3, 0.4) is 0 Å². The minimum atomic E-state index is -0.772. The molecular weight excluding hydrogens is 422 g/mol. The van der Waals surface area contributed by atoms with Crippen molar-refractivity contribution in [3.05, 3.63) is 65.2 Å². The fourth-order valence-electron chi connectivity index (χ4n) is 4.21. The standard InChI is InChI=1S/C26H29NO6/c1-16(2)15-33-20-11-7-18(8-12-20)24(29)22-23(17-5-9-19(28)10-6-17)27(26(31)25(22)30)14-21-4-3-13-32-21/h5-12,16,21,23,28-29H,3-4,13-15H2,1-2H3/b24-22-. The summed E-state index contributed by atoms with van der Waals surface area (Å²) in [6.45, 7) is 5.57. The third kappa shape index (κ3) is 4.88. The summed E-state index contributed by atoms with van der Waals surface area (Å²) in [4.78, 5) is 27.5. The Kier molecular flexibility index (Phi) is 6.70. The van der Waals surface area contributed by atoms with Crippen LogP contribution >= 0.6 is 0 Å². The molecule has 2 aromatic rings. The molecule has 2 N–H and O–H groups in total. The molecule has 0 radical (unpaired) electrons. The number of hydrogen-bond donors (Lipinski definition) is 2. The summed E-state index contributed by atoms with van der Waals surface area (Å²) in [5, 5.41) is 20.9. The number of carbonyl (C=O) groups excluding carboxylic acids is 2. The number of Topliss-reactive ketones (excluding diaryl/α,β-unsaturated/α-hetero) is 1. The van der Waals surface area contributed by atoms with Crippen LogP contribution in [-0.2, 0) is 14.3 Å². The van der Waals surface area contributed by atoms with Crippen molar-refractivity contribution >= 4 is 17.4 Å². The molecule has 2 saturated heterocycles. The van der Waals surface area contributed by atoms with E-state index in [1.165, 1.54) is 17.0 Å². The average Bonchev–Trinajstić information content (AvgIpc) is 3.41. The van der Waals surface area contributed by atoms with Gasteiger partial charge >= 0.3 is 0 Å². The summed E-state index contributed by atoms with van der Waals surface area (Å²) in [5.74, 6) is -0.522. The molecule has 0 saturated carbocycles. The van der Waals surface area contributed by atoms with Gasteiger partial charge in [0, 0.05) is 18.7 Å². The average molecular weight is 452 g/mol. The molecule has 4 rings (SSSR count). The normalized spacial score (nSPS) is 22.3. The molecule has 0 aromatic heterocycles. The van der Waals surface area contributed by atoms with E-state index in [-0.39, 0.29) is 29.7 Å². The Labute approximate surface area is 193 Å². The number of benzene rings is 2. The van der Waals surface area contributed by atoms with Gasteiger partial charge in [-0.3, -0.25) is 9.59 Å². The molecule has 2 heterocycles. The third-order valence-electron chi connectivity index (χ3n) is 5.88. The third-order valence-corrected chi connectivity index (χ3v) is 5.88. The number of aliphatic hydroxyl groups is 1. The van der Waals surface area contributed by atoms with E-state index < -0.39 is 17.7 Å². The Hall–Kier alpha value is -3.32. The number of likely N-dealkylation sites (tertiary alicyclic amines) is 1. The number of amides is 1. The first-order valence-electron chi connectivity index (χ1n) is 11.3. The molecule has 0 spiro atoms. The lowest BCUT2D eigenvalue weighted by atomic mass is 9.95. The van der Waals surface area contributed by atoms with Gasteiger partial charge in [-0.15, -0.1) is 0 Å². The summed E-state index contributed by atoms with van der Waals surface area (Å²) < 4.78 is 11.4. The highest BCUT2D eigenvalue weighted by Crippen LogP contribution is 2.40. The highest BCUT2D eigenvalue weighted by molar-refractivity contribution is 6.46. The maximum Gasteiger partial charge on any atom is 0.295 e. The minimum Gasteiger partial charge on any atom is -0.508 e. The Morgan fingerprint density at radius 1 is 1.12 bits per heavy atom. The van der Waals surface area contributed by atoms with Gasteiger partial charge in [-0.05, 0) is 60.7 Å². The summed E-state index contributed by atoms with van der Waals surface area (Å²) in [6.07, 6.45) is 1.56. The summed E-state index contributed by atoms with van der Waals surface area (Å²) in [6, 6.07) is 12.4. The van der Waals surface area contributed by atoms with Gasteiger partial charge in [-0.25, -0.2) is 0 Å². The van der Waals surface area contributed by atoms with Crippen LogP contribution in [-0.4, -0.2) is 52.7 Å². The fraction of sp³-hybridized carbons (Fsp3) is 0.385. The van der Waals surface area contributed by atoms with E-state index in [2.05, 4.69) is 13.8 Å². The molecule has 2 aromatic carbocycles. The summed E-state index contributed by atoms with van der Waals surface area (Å²) in [7, 11) is 0. The molecule has 2 fully saturated rings. The van der Waals surface area contributed by atoms with E-state index >= 15 is 0 Å². The molecule has 174 valence electrons. The van der Waals surface area contributed by atoms with Crippen molar-refractivity contribution in [2.45, 2.75) is 38.8 Å². The number of phenols is 1. The van der Waals surface area contributed by atoms with E-state index in [1.807, 2.05) is 0 Å². The molecule has 2 aliphatic rings. The second kappa shape index (κ2) is 9.67. The smallest absolute Gasteiger partial charge is 0.295 e. The van der Waals surface area contributed by atoms with Crippen LogP contribution < -0.4 is 4.74 Å². The van der Waals surface area contributed by atoms with Gasteiger partial charge in [0.25, 0.3) is 11.7 Å².